The van der Waals surface area contributed by atoms with Crippen molar-refractivity contribution in [3.63, 3.8) is 0 Å². The van der Waals surface area contributed by atoms with Crippen molar-refractivity contribution in [2.45, 2.75) is 18.4 Å². The van der Waals surface area contributed by atoms with Crippen LogP contribution in [0.25, 0.3) is 0 Å². The van der Waals surface area contributed by atoms with Crippen LogP contribution in [0.4, 0.5) is 5.69 Å². The minimum atomic E-state index is -3.69. The lowest BCUT2D eigenvalue weighted by Gasteiger charge is -2.16. The monoisotopic (exact) mass is 446 g/mol. The summed E-state index contributed by atoms with van der Waals surface area (Å²) < 4.78 is 41.8. The molecule has 0 bridgehead atoms. The van der Waals surface area contributed by atoms with Crippen LogP contribution in [0.1, 0.15) is 22.1 Å². The van der Waals surface area contributed by atoms with Gasteiger partial charge in [-0.05, 0) is 30.3 Å². The maximum Gasteiger partial charge on any atom is 0.259 e. The van der Waals surface area contributed by atoms with Gasteiger partial charge in [0.1, 0.15) is 11.5 Å². The van der Waals surface area contributed by atoms with Crippen LogP contribution in [-0.4, -0.2) is 50.0 Å². The number of hydrogen-bond acceptors (Lipinski definition) is 8. The van der Waals surface area contributed by atoms with Gasteiger partial charge in [-0.25, -0.2) is 12.7 Å². The third kappa shape index (κ3) is 5.01. The summed E-state index contributed by atoms with van der Waals surface area (Å²) >= 11 is 0. The van der Waals surface area contributed by atoms with E-state index in [1.54, 1.807) is 31.2 Å². The molecular formula is C20H22N4O6S. The molecule has 1 amide bonds. The fourth-order valence-electron chi connectivity index (χ4n) is 2.67. The normalized spacial score (nSPS) is 11.4. The van der Waals surface area contributed by atoms with Gasteiger partial charge in [0.15, 0.2) is 6.61 Å². The molecule has 11 heteroatoms. The molecular weight excluding hydrogens is 424 g/mol. The number of amides is 1. The number of aryl methyl sites for hydroxylation is 1. The predicted molar refractivity (Wildman–Crippen MR) is 112 cm³/mol. The Morgan fingerprint density at radius 3 is 2.55 bits per heavy atom. The van der Waals surface area contributed by atoms with Crippen molar-refractivity contribution in [3.8, 4) is 11.5 Å². The molecule has 3 aromatic rings. The van der Waals surface area contributed by atoms with E-state index in [4.69, 9.17) is 14.0 Å². The molecule has 1 N–H and O–H groups in total. The topological polar surface area (TPSA) is 124 Å². The number of sulfonamides is 1. The van der Waals surface area contributed by atoms with Gasteiger partial charge in [-0.15, -0.1) is 0 Å². The molecule has 0 aliphatic carbocycles. The zero-order valence-corrected chi connectivity index (χ0v) is 18.3. The number of aromatic nitrogens is 2. The van der Waals surface area contributed by atoms with Crippen LogP contribution in [-0.2, 0) is 16.6 Å². The Bertz CT molecular complexity index is 1190. The van der Waals surface area contributed by atoms with Gasteiger partial charge in [-0.3, -0.25) is 4.79 Å². The first-order valence-electron chi connectivity index (χ1n) is 9.15. The van der Waals surface area contributed by atoms with E-state index in [-0.39, 0.29) is 22.8 Å². The van der Waals surface area contributed by atoms with Gasteiger partial charge in [0, 0.05) is 21.0 Å². The van der Waals surface area contributed by atoms with Crippen molar-refractivity contribution in [1.29, 1.82) is 0 Å². The molecule has 31 heavy (non-hydrogen) atoms. The van der Waals surface area contributed by atoms with Crippen molar-refractivity contribution >= 4 is 21.6 Å². The first-order valence-corrected chi connectivity index (χ1v) is 10.6. The zero-order chi connectivity index (χ0) is 22.6. The van der Waals surface area contributed by atoms with Gasteiger partial charge in [0.2, 0.25) is 21.7 Å². The SMILES string of the molecule is COc1ccc(S(=O)(=O)N(C)C)cc1NC(=O)c1ccccc1OCc1noc(C)n1. The molecule has 3 rings (SSSR count). The van der Waals surface area contributed by atoms with Crippen LogP contribution in [0.5, 0.6) is 11.5 Å². The summed E-state index contributed by atoms with van der Waals surface area (Å²) in [6.45, 7) is 1.68. The lowest BCUT2D eigenvalue weighted by Crippen LogP contribution is -2.22. The molecule has 0 unspecified atom stereocenters. The highest BCUT2D eigenvalue weighted by atomic mass is 32.2. The number of benzene rings is 2. The Morgan fingerprint density at radius 1 is 1.16 bits per heavy atom. The van der Waals surface area contributed by atoms with Gasteiger partial charge in [-0.2, -0.15) is 4.98 Å². The predicted octanol–water partition coefficient (Wildman–Crippen LogP) is 2.47. The van der Waals surface area contributed by atoms with E-state index in [0.29, 0.717) is 23.2 Å². The van der Waals surface area contributed by atoms with E-state index in [2.05, 4.69) is 15.5 Å². The van der Waals surface area contributed by atoms with E-state index >= 15 is 0 Å². The van der Waals surface area contributed by atoms with E-state index in [0.717, 1.165) is 4.31 Å². The van der Waals surface area contributed by atoms with Crippen molar-refractivity contribution < 1.29 is 27.2 Å². The summed E-state index contributed by atoms with van der Waals surface area (Å²) in [5, 5.41) is 6.45. The summed E-state index contributed by atoms with van der Waals surface area (Å²) in [6.07, 6.45) is 0. The molecule has 0 aliphatic rings. The molecule has 10 nitrogen and oxygen atoms in total. The minimum absolute atomic E-state index is 0.0154. The second kappa shape index (κ2) is 9.14. The second-order valence-corrected chi connectivity index (χ2v) is 8.77. The lowest BCUT2D eigenvalue weighted by molar-refractivity contribution is 0.102. The third-order valence-corrected chi connectivity index (χ3v) is 6.07. The number of nitrogens with zero attached hydrogens (tertiary/aromatic N) is 3. The number of carbonyl (C=O) groups excluding carboxylic acids is 1. The van der Waals surface area contributed by atoms with Crippen LogP contribution in [0, 0.1) is 6.92 Å². The number of ether oxygens (including phenoxy) is 2. The molecule has 0 fully saturated rings. The van der Waals surface area contributed by atoms with Crippen molar-refractivity contribution in [1.82, 2.24) is 14.4 Å². The molecule has 0 radical (unpaired) electrons. The number of para-hydroxylation sites is 1. The Hall–Kier alpha value is -3.44. The number of carbonyl (C=O) groups is 1. The highest BCUT2D eigenvalue weighted by Crippen LogP contribution is 2.30. The molecule has 1 heterocycles. The number of nitrogens with one attached hydrogen (secondary N) is 1. The van der Waals surface area contributed by atoms with Gasteiger partial charge >= 0.3 is 0 Å². The highest BCUT2D eigenvalue weighted by molar-refractivity contribution is 7.89. The molecule has 0 saturated heterocycles. The summed E-state index contributed by atoms with van der Waals surface area (Å²) in [5.41, 5.74) is 0.449. The summed E-state index contributed by atoms with van der Waals surface area (Å²) in [6, 6.07) is 10.9. The summed E-state index contributed by atoms with van der Waals surface area (Å²) in [5.74, 6) is 0.864. The largest absolute Gasteiger partial charge is 0.495 e. The number of anilines is 1. The van der Waals surface area contributed by atoms with Gasteiger partial charge in [0.05, 0.1) is 23.3 Å². The maximum absolute atomic E-state index is 13.0. The van der Waals surface area contributed by atoms with E-state index < -0.39 is 15.9 Å². The maximum atomic E-state index is 13.0. The number of methoxy groups -OCH3 is 1. The second-order valence-electron chi connectivity index (χ2n) is 6.62. The van der Waals surface area contributed by atoms with E-state index in [9.17, 15) is 13.2 Å². The zero-order valence-electron chi connectivity index (χ0n) is 17.4. The first kappa shape index (κ1) is 22.2. The van der Waals surface area contributed by atoms with Crippen LogP contribution in [0.15, 0.2) is 51.9 Å². The summed E-state index contributed by atoms with van der Waals surface area (Å²) in [7, 11) is 0.589. The van der Waals surface area contributed by atoms with E-state index in [1.165, 1.54) is 39.4 Å². The van der Waals surface area contributed by atoms with Crippen LogP contribution >= 0.6 is 0 Å². The first-order chi connectivity index (χ1) is 14.7. The standard InChI is InChI=1S/C20H22N4O6S/c1-13-21-19(23-30-13)12-29-17-8-6-5-7-15(17)20(25)22-16-11-14(9-10-18(16)28-4)31(26,27)24(2)3/h5-11H,12H2,1-4H3,(H,22,25). The fraction of sp³-hybridized carbons (Fsp3) is 0.250. The highest BCUT2D eigenvalue weighted by Gasteiger charge is 2.21. The average molecular weight is 446 g/mol. The Kier molecular flexibility index (Phi) is 6.56. The molecule has 0 saturated carbocycles. The van der Waals surface area contributed by atoms with Crippen molar-refractivity contribution in [2.24, 2.45) is 0 Å². The Balaban J connectivity index is 1.86. The molecule has 164 valence electrons. The van der Waals surface area contributed by atoms with E-state index in [1.807, 2.05) is 0 Å². The molecule has 0 spiro atoms. The van der Waals surface area contributed by atoms with Crippen LogP contribution in [0.3, 0.4) is 0 Å². The Labute approximate surface area is 179 Å². The summed E-state index contributed by atoms with van der Waals surface area (Å²) in [4.78, 5) is 17.0. The van der Waals surface area contributed by atoms with Gasteiger partial charge in [-0.1, -0.05) is 17.3 Å². The van der Waals surface area contributed by atoms with Gasteiger partial charge < -0.3 is 19.3 Å². The molecule has 1 aromatic heterocycles. The third-order valence-electron chi connectivity index (χ3n) is 4.26. The Morgan fingerprint density at radius 2 is 1.90 bits per heavy atom. The number of hydrogen-bond donors (Lipinski definition) is 1. The fourth-order valence-corrected chi connectivity index (χ4v) is 3.60. The van der Waals surface area contributed by atoms with Gasteiger partial charge in [0.25, 0.3) is 5.91 Å². The van der Waals surface area contributed by atoms with Crippen molar-refractivity contribution in [3.05, 3.63) is 59.7 Å². The smallest absolute Gasteiger partial charge is 0.259 e. The number of rotatable bonds is 8. The molecule has 2 aromatic carbocycles. The molecule has 0 atom stereocenters. The lowest BCUT2D eigenvalue weighted by atomic mass is 10.1. The average Bonchev–Trinajstić information content (AvgIpc) is 3.17. The van der Waals surface area contributed by atoms with Crippen LogP contribution in [0.2, 0.25) is 0 Å². The van der Waals surface area contributed by atoms with Crippen molar-refractivity contribution in [2.75, 3.05) is 26.5 Å². The van der Waals surface area contributed by atoms with Crippen LogP contribution < -0.4 is 14.8 Å². The minimum Gasteiger partial charge on any atom is -0.495 e. The quantitative estimate of drug-likeness (QED) is 0.560. The molecule has 0 aliphatic heterocycles.